The van der Waals surface area contributed by atoms with Crippen molar-refractivity contribution >= 4 is 33.1 Å². The van der Waals surface area contributed by atoms with Crippen molar-refractivity contribution < 1.29 is 4.74 Å². The molecule has 6 heteroatoms. The Hall–Kier alpha value is -2.34. The number of fused-ring (bicyclic) bond motifs is 1. The van der Waals surface area contributed by atoms with E-state index in [4.69, 9.17) is 4.74 Å². The first kappa shape index (κ1) is 14.3. The Morgan fingerprint density at radius 3 is 2.43 bits per heavy atom. The number of aromatic nitrogens is 2. The van der Waals surface area contributed by atoms with Crippen LogP contribution in [0.15, 0.2) is 42.0 Å². The van der Waals surface area contributed by atoms with E-state index in [1.165, 1.54) is 5.69 Å². The van der Waals surface area contributed by atoms with Gasteiger partial charge in [-0.15, -0.1) is 11.3 Å². The van der Waals surface area contributed by atoms with Crippen LogP contribution in [0.5, 0.6) is 5.75 Å². The van der Waals surface area contributed by atoms with E-state index in [-0.39, 0.29) is 0 Å². The molecule has 0 spiro atoms. The average molecular weight is 326 g/mol. The maximum absolute atomic E-state index is 5.22. The molecule has 0 N–H and O–H groups in total. The van der Waals surface area contributed by atoms with Gasteiger partial charge in [0.25, 0.3) is 0 Å². The molecule has 1 aliphatic heterocycles. The first-order valence-electron chi connectivity index (χ1n) is 7.67. The predicted molar refractivity (Wildman–Crippen MR) is 94.8 cm³/mol. The number of rotatable bonds is 3. The lowest BCUT2D eigenvalue weighted by atomic mass is 10.2. The van der Waals surface area contributed by atoms with Gasteiger partial charge in [0.2, 0.25) is 0 Å². The van der Waals surface area contributed by atoms with Crippen molar-refractivity contribution in [1.29, 1.82) is 0 Å². The summed E-state index contributed by atoms with van der Waals surface area (Å²) in [5.74, 6) is 1.96. The molecule has 118 valence electrons. The fourth-order valence-electron chi connectivity index (χ4n) is 3.00. The number of benzene rings is 1. The molecule has 4 rings (SSSR count). The molecule has 0 atom stereocenters. The highest BCUT2D eigenvalue weighted by Crippen LogP contribution is 2.28. The summed E-state index contributed by atoms with van der Waals surface area (Å²) in [7, 11) is 1.70. The maximum Gasteiger partial charge on any atom is 0.140 e. The van der Waals surface area contributed by atoms with Crippen molar-refractivity contribution in [3.05, 3.63) is 42.0 Å². The first-order valence-corrected chi connectivity index (χ1v) is 8.55. The summed E-state index contributed by atoms with van der Waals surface area (Å²) in [5, 5.41) is 3.24. The topological polar surface area (TPSA) is 41.5 Å². The minimum atomic E-state index is 0.897. The van der Waals surface area contributed by atoms with Gasteiger partial charge in [0.05, 0.1) is 12.5 Å². The van der Waals surface area contributed by atoms with Crippen LogP contribution in [-0.4, -0.2) is 43.3 Å². The van der Waals surface area contributed by atoms with E-state index in [2.05, 4.69) is 43.3 Å². The lowest BCUT2D eigenvalue weighted by molar-refractivity contribution is 0.415. The monoisotopic (exact) mass is 326 g/mol. The lowest BCUT2D eigenvalue weighted by Gasteiger charge is -2.36. The Morgan fingerprint density at radius 2 is 1.70 bits per heavy atom. The molecule has 3 heterocycles. The molecule has 0 radical (unpaired) electrons. The molecule has 0 unspecified atom stereocenters. The molecule has 5 nitrogen and oxygen atoms in total. The number of hydrogen-bond donors (Lipinski definition) is 0. The molecule has 23 heavy (non-hydrogen) atoms. The zero-order chi connectivity index (χ0) is 15.6. The third-order valence-electron chi connectivity index (χ3n) is 4.26. The molecule has 0 aliphatic carbocycles. The van der Waals surface area contributed by atoms with E-state index in [0.29, 0.717) is 0 Å². The summed E-state index contributed by atoms with van der Waals surface area (Å²) < 4.78 is 5.22. The average Bonchev–Trinajstić information content (AvgIpc) is 3.11. The molecule has 1 aromatic carbocycles. The highest BCUT2D eigenvalue weighted by Gasteiger charge is 2.20. The second-order valence-corrected chi connectivity index (χ2v) is 6.40. The van der Waals surface area contributed by atoms with Crippen LogP contribution in [0.4, 0.5) is 11.5 Å². The molecule has 1 aliphatic rings. The Morgan fingerprint density at radius 1 is 0.957 bits per heavy atom. The molecule has 1 saturated heterocycles. The van der Waals surface area contributed by atoms with Crippen LogP contribution in [0, 0.1) is 0 Å². The van der Waals surface area contributed by atoms with Gasteiger partial charge in [0, 0.05) is 31.9 Å². The molecule has 0 bridgehead atoms. The zero-order valence-electron chi connectivity index (χ0n) is 13.0. The Balaban J connectivity index is 1.49. The zero-order valence-corrected chi connectivity index (χ0v) is 13.8. The first-order chi connectivity index (χ1) is 11.3. The highest BCUT2D eigenvalue weighted by atomic mass is 32.1. The van der Waals surface area contributed by atoms with Gasteiger partial charge in [-0.05, 0) is 35.7 Å². The van der Waals surface area contributed by atoms with Gasteiger partial charge >= 0.3 is 0 Å². The van der Waals surface area contributed by atoms with Crippen LogP contribution in [0.2, 0.25) is 0 Å². The number of hydrogen-bond acceptors (Lipinski definition) is 6. The van der Waals surface area contributed by atoms with Gasteiger partial charge < -0.3 is 14.5 Å². The fraction of sp³-hybridized carbons (Fsp3) is 0.294. The Kier molecular flexibility index (Phi) is 3.75. The minimum absolute atomic E-state index is 0.897. The third-order valence-corrected chi connectivity index (χ3v) is 5.08. The van der Waals surface area contributed by atoms with Crippen LogP contribution in [-0.2, 0) is 0 Å². The summed E-state index contributed by atoms with van der Waals surface area (Å²) >= 11 is 1.67. The molecular formula is C17H18N4OS. The summed E-state index contributed by atoms with van der Waals surface area (Å²) in [4.78, 5) is 14.7. The van der Waals surface area contributed by atoms with E-state index in [0.717, 1.165) is 48.0 Å². The number of anilines is 2. The molecule has 2 aromatic heterocycles. The minimum Gasteiger partial charge on any atom is -0.497 e. The normalized spacial score (nSPS) is 15.2. The van der Waals surface area contributed by atoms with Crippen molar-refractivity contribution in [1.82, 2.24) is 9.97 Å². The highest BCUT2D eigenvalue weighted by molar-refractivity contribution is 7.16. The van der Waals surface area contributed by atoms with Gasteiger partial charge in [-0.25, -0.2) is 9.97 Å². The second kappa shape index (κ2) is 6.04. The number of thiophene rings is 1. The van der Waals surface area contributed by atoms with Crippen molar-refractivity contribution in [2.75, 3.05) is 43.1 Å². The van der Waals surface area contributed by atoms with E-state index >= 15 is 0 Å². The summed E-state index contributed by atoms with van der Waals surface area (Å²) in [6.07, 6.45) is 1.67. The fourth-order valence-corrected chi connectivity index (χ4v) is 3.73. The SMILES string of the molecule is COc1ccc(N2CCN(c3ncnc4sccc34)CC2)cc1. The molecule has 0 saturated carbocycles. The number of piperazine rings is 1. The van der Waals surface area contributed by atoms with Crippen LogP contribution in [0.3, 0.4) is 0 Å². The van der Waals surface area contributed by atoms with Crippen LogP contribution in [0.1, 0.15) is 0 Å². The number of ether oxygens (including phenoxy) is 1. The summed E-state index contributed by atoms with van der Waals surface area (Å²) in [5.41, 5.74) is 1.24. The number of nitrogens with zero attached hydrogens (tertiary/aromatic N) is 4. The summed E-state index contributed by atoms with van der Waals surface area (Å²) in [6.45, 7) is 3.91. The van der Waals surface area contributed by atoms with Gasteiger partial charge in [-0.1, -0.05) is 0 Å². The van der Waals surface area contributed by atoms with E-state index in [9.17, 15) is 0 Å². The Bertz CT molecular complexity index is 794. The molecular weight excluding hydrogens is 308 g/mol. The van der Waals surface area contributed by atoms with Crippen molar-refractivity contribution in [2.45, 2.75) is 0 Å². The van der Waals surface area contributed by atoms with Crippen LogP contribution < -0.4 is 14.5 Å². The molecule has 0 amide bonds. The Labute approximate surface area is 139 Å². The van der Waals surface area contributed by atoms with Crippen molar-refractivity contribution in [2.24, 2.45) is 0 Å². The van der Waals surface area contributed by atoms with Gasteiger partial charge in [-0.3, -0.25) is 0 Å². The van der Waals surface area contributed by atoms with Gasteiger partial charge in [0.15, 0.2) is 0 Å². The van der Waals surface area contributed by atoms with E-state index < -0.39 is 0 Å². The molecule has 3 aromatic rings. The quantitative estimate of drug-likeness (QED) is 0.740. The predicted octanol–water partition coefficient (Wildman–Crippen LogP) is 3.03. The third kappa shape index (κ3) is 2.70. The smallest absolute Gasteiger partial charge is 0.140 e. The summed E-state index contributed by atoms with van der Waals surface area (Å²) in [6, 6.07) is 10.4. The van der Waals surface area contributed by atoms with E-state index in [1.54, 1.807) is 24.8 Å². The maximum atomic E-state index is 5.22. The van der Waals surface area contributed by atoms with Crippen molar-refractivity contribution in [3.8, 4) is 5.75 Å². The lowest BCUT2D eigenvalue weighted by Crippen LogP contribution is -2.46. The van der Waals surface area contributed by atoms with Gasteiger partial charge in [-0.2, -0.15) is 0 Å². The largest absolute Gasteiger partial charge is 0.497 e. The van der Waals surface area contributed by atoms with Crippen LogP contribution in [0.25, 0.3) is 10.2 Å². The van der Waals surface area contributed by atoms with Gasteiger partial charge in [0.1, 0.15) is 22.7 Å². The second-order valence-electron chi connectivity index (χ2n) is 5.51. The number of methoxy groups -OCH3 is 1. The molecule has 1 fully saturated rings. The van der Waals surface area contributed by atoms with Crippen molar-refractivity contribution in [3.63, 3.8) is 0 Å². The van der Waals surface area contributed by atoms with E-state index in [1.807, 2.05) is 12.1 Å². The standard InChI is InChI=1S/C17H18N4OS/c1-22-14-4-2-13(3-5-14)20-7-9-21(10-8-20)16-15-6-11-23-17(15)19-12-18-16/h2-6,11-12H,7-10H2,1H3. The van der Waals surface area contributed by atoms with Crippen LogP contribution >= 0.6 is 11.3 Å².